The highest BCUT2D eigenvalue weighted by atomic mass is 127. The van der Waals surface area contributed by atoms with Crippen molar-refractivity contribution < 1.29 is 22.8 Å². The largest absolute Gasteiger partial charge is 0.405 e. The van der Waals surface area contributed by atoms with Crippen molar-refractivity contribution in [3.63, 3.8) is 0 Å². The SMILES string of the molecule is O=C(NCC(F)(F)F)c1ccc(NC(=O)c2ccc(I)cc2)cc1. The molecule has 0 heterocycles. The van der Waals surface area contributed by atoms with Crippen LogP contribution in [0.4, 0.5) is 18.9 Å². The van der Waals surface area contributed by atoms with Crippen molar-refractivity contribution >= 4 is 40.1 Å². The second-order valence-electron chi connectivity index (χ2n) is 4.84. The van der Waals surface area contributed by atoms with Crippen molar-refractivity contribution in [2.24, 2.45) is 0 Å². The average molecular weight is 448 g/mol. The highest BCUT2D eigenvalue weighted by molar-refractivity contribution is 14.1. The van der Waals surface area contributed by atoms with Gasteiger partial charge in [0.15, 0.2) is 0 Å². The van der Waals surface area contributed by atoms with E-state index in [2.05, 4.69) is 27.9 Å². The first-order valence-electron chi connectivity index (χ1n) is 6.76. The molecule has 0 radical (unpaired) electrons. The van der Waals surface area contributed by atoms with E-state index in [1.807, 2.05) is 0 Å². The lowest BCUT2D eigenvalue weighted by molar-refractivity contribution is -0.123. The first-order valence-corrected chi connectivity index (χ1v) is 7.84. The number of hydrogen-bond acceptors (Lipinski definition) is 2. The van der Waals surface area contributed by atoms with Gasteiger partial charge >= 0.3 is 6.18 Å². The quantitative estimate of drug-likeness (QED) is 0.699. The van der Waals surface area contributed by atoms with Crippen LogP contribution in [-0.4, -0.2) is 24.5 Å². The molecule has 2 amide bonds. The standard InChI is InChI=1S/C16H12F3IN2O2/c17-16(18,19)9-21-14(23)10-3-7-13(8-4-10)22-15(24)11-1-5-12(20)6-2-11/h1-8H,9H2,(H,21,23)(H,22,24). The molecule has 0 spiro atoms. The van der Waals surface area contributed by atoms with Gasteiger partial charge in [-0.3, -0.25) is 9.59 Å². The summed E-state index contributed by atoms with van der Waals surface area (Å²) < 4.78 is 37.2. The summed E-state index contributed by atoms with van der Waals surface area (Å²) >= 11 is 2.12. The van der Waals surface area contributed by atoms with E-state index in [9.17, 15) is 22.8 Å². The average Bonchev–Trinajstić information content (AvgIpc) is 2.53. The fourth-order valence-electron chi connectivity index (χ4n) is 1.79. The van der Waals surface area contributed by atoms with Gasteiger partial charge in [0.05, 0.1) is 0 Å². The molecular formula is C16H12F3IN2O2. The van der Waals surface area contributed by atoms with Gasteiger partial charge in [-0.15, -0.1) is 0 Å². The summed E-state index contributed by atoms with van der Waals surface area (Å²) in [7, 11) is 0. The topological polar surface area (TPSA) is 58.2 Å². The fourth-order valence-corrected chi connectivity index (χ4v) is 2.15. The molecule has 0 aromatic heterocycles. The van der Waals surface area contributed by atoms with E-state index >= 15 is 0 Å². The molecule has 8 heteroatoms. The Morgan fingerprint density at radius 2 is 1.38 bits per heavy atom. The van der Waals surface area contributed by atoms with E-state index in [-0.39, 0.29) is 11.5 Å². The zero-order valence-electron chi connectivity index (χ0n) is 12.2. The van der Waals surface area contributed by atoms with Gasteiger partial charge < -0.3 is 10.6 Å². The van der Waals surface area contributed by atoms with Crippen molar-refractivity contribution in [2.45, 2.75) is 6.18 Å². The predicted molar refractivity (Wildman–Crippen MR) is 91.9 cm³/mol. The minimum Gasteiger partial charge on any atom is -0.343 e. The molecule has 0 saturated heterocycles. The van der Waals surface area contributed by atoms with Gasteiger partial charge in [0.2, 0.25) is 0 Å². The Morgan fingerprint density at radius 3 is 1.92 bits per heavy atom. The smallest absolute Gasteiger partial charge is 0.343 e. The van der Waals surface area contributed by atoms with E-state index in [0.29, 0.717) is 11.3 Å². The van der Waals surface area contributed by atoms with Crippen LogP contribution in [0, 0.1) is 3.57 Å². The summed E-state index contributed by atoms with van der Waals surface area (Å²) in [5.74, 6) is -1.15. The van der Waals surface area contributed by atoms with Crippen LogP contribution in [0.5, 0.6) is 0 Å². The molecule has 0 aliphatic heterocycles. The van der Waals surface area contributed by atoms with Gasteiger partial charge in [-0.2, -0.15) is 13.2 Å². The lowest BCUT2D eigenvalue weighted by Gasteiger charge is -2.09. The molecule has 2 aromatic carbocycles. The van der Waals surface area contributed by atoms with E-state index < -0.39 is 18.6 Å². The molecule has 4 nitrogen and oxygen atoms in total. The molecular weight excluding hydrogens is 436 g/mol. The van der Waals surface area contributed by atoms with Crippen LogP contribution in [0.2, 0.25) is 0 Å². The number of alkyl halides is 3. The summed E-state index contributed by atoms with van der Waals surface area (Å²) in [6.07, 6.45) is -4.46. The molecule has 0 aliphatic carbocycles. The monoisotopic (exact) mass is 448 g/mol. The zero-order chi connectivity index (χ0) is 17.7. The van der Waals surface area contributed by atoms with Crippen LogP contribution in [0.3, 0.4) is 0 Å². The number of carbonyl (C=O) groups excluding carboxylic acids is 2. The van der Waals surface area contributed by atoms with Gasteiger partial charge in [0.25, 0.3) is 11.8 Å². The second kappa shape index (κ2) is 7.65. The molecule has 0 unspecified atom stereocenters. The van der Waals surface area contributed by atoms with E-state index in [1.54, 1.807) is 29.6 Å². The Labute approximate surface area is 149 Å². The minimum absolute atomic E-state index is 0.0755. The van der Waals surface area contributed by atoms with Crippen molar-refractivity contribution in [3.8, 4) is 0 Å². The Bertz CT molecular complexity index is 728. The zero-order valence-corrected chi connectivity index (χ0v) is 14.3. The van der Waals surface area contributed by atoms with Gasteiger partial charge in [-0.05, 0) is 71.1 Å². The molecule has 0 fully saturated rings. The van der Waals surface area contributed by atoms with Crippen LogP contribution in [0.15, 0.2) is 48.5 Å². The van der Waals surface area contributed by atoms with Crippen LogP contribution < -0.4 is 10.6 Å². The van der Waals surface area contributed by atoms with Gasteiger partial charge in [-0.1, -0.05) is 0 Å². The molecule has 0 saturated carbocycles. The van der Waals surface area contributed by atoms with E-state index in [1.165, 1.54) is 24.3 Å². The molecule has 0 atom stereocenters. The third-order valence-corrected chi connectivity index (χ3v) is 3.68. The van der Waals surface area contributed by atoms with Crippen molar-refractivity contribution in [1.82, 2.24) is 5.32 Å². The lowest BCUT2D eigenvalue weighted by Crippen LogP contribution is -2.33. The summed E-state index contributed by atoms with van der Waals surface area (Å²) in [6.45, 7) is -1.39. The number of rotatable bonds is 4. The predicted octanol–water partition coefficient (Wildman–Crippen LogP) is 3.84. The number of nitrogens with one attached hydrogen (secondary N) is 2. The Morgan fingerprint density at radius 1 is 0.875 bits per heavy atom. The van der Waals surface area contributed by atoms with Crippen LogP contribution in [-0.2, 0) is 0 Å². The van der Waals surface area contributed by atoms with Gasteiger partial charge in [0.1, 0.15) is 6.54 Å². The van der Waals surface area contributed by atoms with Gasteiger partial charge in [0, 0.05) is 20.4 Å². The first-order chi connectivity index (χ1) is 11.2. The van der Waals surface area contributed by atoms with Crippen LogP contribution in [0.1, 0.15) is 20.7 Å². The maximum absolute atomic E-state index is 12.1. The number of carbonyl (C=O) groups is 2. The number of amides is 2. The summed E-state index contributed by atoms with van der Waals surface area (Å²) in [4.78, 5) is 23.6. The molecule has 0 aliphatic rings. The molecule has 2 rings (SSSR count). The van der Waals surface area contributed by atoms with E-state index in [4.69, 9.17) is 0 Å². The van der Waals surface area contributed by atoms with Crippen molar-refractivity contribution in [3.05, 3.63) is 63.2 Å². The highest BCUT2D eigenvalue weighted by Crippen LogP contribution is 2.15. The number of anilines is 1. The Hall–Kier alpha value is -2.10. The summed E-state index contributed by atoms with van der Waals surface area (Å²) in [5, 5.41) is 4.43. The normalized spacial score (nSPS) is 11.0. The maximum Gasteiger partial charge on any atom is 0.405 e. The van der Waals surface area contributed by atoms with Crippen LogP contribution in [0.25, 0.3) is 0 Å². The van der Waals surface area contributed by atoms with E-state index in [0.717, 1.165) is 3.57 Å². The van der Waals surface area contributed by atoms with Crippen molar-refractivity contribution in [1.29, 1.82) is 0 Å². The molecule has 2 N–H and O–H groups in total. The lowest BCUT2D eigenvalue weighted by atomic mass is 10.1. The summed E-state index contributed by atoms with van der Waals surface area (Å²) in [5.41, 5.74) is 0.986. The summed E-state index contributed by atoms with van der Waals surface area (Å²) in [6, 6.07) is 12.5. The molecule has 0 bridgehead atoms. The van der Waals surface area contributed by atoms with Crippen molar-refractivity contribution in [2.75, 3.05) is 11.9 Å². The highest BCUT2D eigenvalue weighted by Gasteiger charge is 2.27. The third kappa shape index (κ3) is 5.52. The maximum atomic E-state index is 12.1. The number of hydrogen-bond donors (Lipinski definition) is 2. The Kier molecular flexibility index (Phi) is 5.81. The molecule has 24 heavy (non-hydrogen) atoms. The number of benzene rings is 2. The minimum atomic E-state index is -4.46. The first kappa shape index (κ1) is 18.2. The fraction of sp³-hybridized carbons (Fsp3) is 0.125. The number of halogens is 4. The molecule has 126 valence electrons. The Balaban J connectivity index is 1.97. The van der Waals surface area contributed by atoms with Gasteiger partial charge in [-0.25, -0.2) is 0 Å². The molecule has 2 aromatic rings. The third-order valence-electron chi connectivity index (χ3n) is 2.96. The second-order valence-corrected chi connectivity index (χ2v) is 6.08. The van der Waals surface area contributed by atoms with Crippen LogP contribution >= 0.6 is 22.6 Å².